The SMILES string of the molecule is CC(C(=O)OCCN)=C(C=Cc1ccccc1)C(C)(C)C. The zero-order chi connectivity index (χ0) is 15.9. The second kappa shape index (κ2) is 7.79. The van der Waals surface area contributed by atoms with E-state index in [1.165, 1.54) is 0 Å². The van der Waals surface area contributed by atoms with Crippen molar-refractivity contribution in [3.05, 3.63) is 53.1 Å². The Morgan fingerprint density at radius 2 is 1.86 bits per heavy atom. The van der Waals surface area contributed by atoms with Crippen LogP contribution in [0.4, 0.5) is 0 Å². The molecule has 1 aromatic rings. The standard InChI is InChI=1S/C18H25NO2/c1-14(17(20)21-13-12-19)16(18(2,3)4)11-10-15-8-6-5-7-9-15/h5-11H,12-13,19H2,1-4H3. The van der Waals surface area contributed by atoms with E-state index < -0.39 is 0 Å². The Morgan fingerprint density at radius 1 is 1.24 bits per heavy atom. The first-order valence-electron chi connectivity index (χ1n) is 7.18. The Morgan fingerprint density at radius 3 is 2.38 bits per heavy atom. The summed E-state index contributed by atoms with van der Waals surface area (Å²) in [5.74, 6) is -0.303. The molecule has 1 rings (SSSR count). The average molecular weight is 287 g/mol. The van der Waals surface area contributed by atoms with Crippen LogP contribution >= 0.6 is 0 Å². The number of benzene rings is 1. The fourth-order valence-electron chi connectivity index (χ4n) is 2.05. The van der Waals surface area contributed by atoms with Crippen LogP contribution in [-0.4, -0.2) is 19.1 Å². The van der Waals surface area contributed by atoms with Crippen molar-refractivity contribution in [2.75, 3.05) is 13.2 Å². The highest BCUT2D eigenvalue weighted by Crippen LogP contribution is 2.30. The number of hydrogen-bond acceptors (Lipinski definition) is 3. The summed E-state index contributed by atoms with van der Waals surface area (Å²) >= 11 is 0. The highest BCUT2D eigenvalue weighted by atomic mass is 16.5. The highest BCUT2D eigenvalue weighted by molar-refractivity contribution is 5.89. The second-order valence-corrected chi connectivity index (χ2v) is 5.96. The Kier molecular flexibility index (Phi) is 6.38. The van der Waals surface area contributed by atoms with Crippen molar-refractivity contribution < 1.29 is 9.53 Å². The summed E-state index contributed by atoms with van der Waals surface area (Å²) in [5, 5.41) is 0. The van der Waals surface area contributed by atoms with Gasteiger partial charge >= 0.3 is 5.97 Å². The predicted octanol–water partition coefficient (Wildman–Crippen LogP) is 3.56. The quantitative estimate of drug-likeness (QED) is 0.512. The molecule has 0 aliphatic carbocycles. The molecule has 0 heterocycles. The number of esters is 1. The molecule has 0 aliphatic rings. The van der Waals surface area contributed by atoms with Gasteiger partial charge < -0.3 is 10.5 Å². The zero-order valence-electron chi connectivity index (χ0n) is 13.3. The van der Waals surface area contributed by atoms with Crippen molar-refractivity contribution in [3.8, 4) is 0 Å². The van der Waals surface area contributed by atoms with Crippen molar-refractivity contribution in [2.45, 2.75) is 27.7 Å². The monoisotopic (exact) mass is 287 g/mol. The van der Waals surface area contributed by atoms with Crippen molar-refractivity contribution in [3.63, 3.8) is 0 Å². The number of nitrogens with two attached hydrogens (primary N) is 1. The molecule has 0 saturated carbocycles. The number of allylic oxidation sites excluding steroid dienone is 2. The van der Waals surface area contributed by atoms with E-state index in [0.717, 1.165) is 11.1 Å². The third kappa shape index (κ3) is 5.56. The largest absolute Gasteiger partial charge is 0.461 e. The third-order valence-electron chi connectivity index (χ3n) is 3.11. The average Bonchev–Trinajstić information content (AvgIpc) is 2.44. The fraction of sp³-hybridized carbons (Fsp3) is 0.389. The van der Waals surface area contributed by atoms with Crippen LogP contribution in [0.3, 0.4) is 0 Å². The Labute approximate surface area is 127 Å². The molecule has 0 amide bonds. The molecular formula is C18H25NO2. The van der Waals surface area contributed by atoms with Gasteiger partial charge in [0.2, 0.25) is 0 Å². The first-order valence-corrected chi connectivity index (χ1v) is 7.18. The van der Waals surface area contributed by atoms with E-state index >= 15 is 0 Å². The minimum absolute atomic E-state index is 0.142. The van der Waals surface area contributed by atoms with Crippen molar-refractivity contribution in [1.29, 1.82) is 0 Å². The van der Waals surface area contributed by atoms with Crippen LogP contribution < -0.4 is 5.73 Å². The van der Waals surface area contributed by atoms with Crippen LogP contribution in [-0.2, 0) is 9.53 Å². The van der Waals surface area contributed by atoms with Crippen molar-refractivity contribution in [2.24, 2.45) is 11.1 Å². The van der Waals surface area contributed by atoms with Gasteiger partial charge in [-0.15, -0.1) is 0 Å². The first kappa shape index (κ1) is 17.2. The molecule has 0 spiro atoms. The number of rotatable bonds is 5. The first-order chi connectivity index (χ1) is 9.86. The second-order valence-electron chi connectivity index (χ2n) is 5.96. The fourth-order valence-corrected chi connectivity index (χ4v) is 2.05. The highest BCUT2D eigenvalue weighted by Gasteiger charge is 2.21. The summed E-state index contributed by atoms with van der Waals surface area (Å²) in [6, 6.07) is 10.0. The molecule has 114 valence electrons. The Balaban J connectivity index is 3.06. The summed E-state index contributed by atoms with van der Waals surface area (Å²) in [6.45, 7) is 8.63. The van der Waals surface area contributed by atoms with E-state index in [1.807, 2.05) is 42.5 Å². The van der Waals surface area contributed by atoms with E-state index in [9.17, 15) is 4.79 Å². The minimum Gasteiger partial charge on any atom is -0.461 e. The molecule has 0 radical (unpaired) electrons. The summed E-state index contributed by atoms with van der Waals surface area (Å²) < 4.78 is 5.13. The van der Waals surface area contributed by atoms with E-state index in [4.69, 9.17) is 10.5 Å². The van der Waals surface area contributed by atoms with Crippen LogP contribution in [0.15, 0.2) is 47.6 Å². The molecule has 0 fully saturated rings. The molecule has 3 heteroatoms. The molecule has 1 aromatic carbocycles. The van der Waals surface area contributed by atoms with Gasteiger partial charge in [0.1, 0.15) is 6.61 Å². The molecule has 0 saturated heterocycles. The predicted molar refractivity (Wildman–Crippen MR) is 87.6 cm³/mol. The summed E-state index contributed by atoms with van der Waals surface area (Å²) in [4.78, 5) is 12.0. The lowest BCUT2D eigenvalue weighted by Crippen LogP contribution is -2.18. The number of hydrogen-bond donors (Lipinski definition) is 1. The Hall–Kier alpha value is -1.87. The normalized spacial score (nSPS) is 13.2. The zero-order valence-corrected chi connectivity index (χ0v) is 13.3. The van der Waals surface area contributed by atoms with E-state index in [2.05, 4.69) is 20.8 Å². The maximum Gasteiger partial charge on any atom is 0.334 e. The third-order valence-corrected chi connectivity index (χ3v) is 3.11. The van der Waals surface area contributed by atoms with Gasteiger partial charge in [-0.05, 0) is 23.5 Å². The van der Waals surface area contributed by atoms with Gasteiger partial charge in [0, 0.05) is 12.1 Å². The van der Waals surface area contributed by atoms with Crippen LogP contribution in [0.5, 0.6) is 0 Å². The number of carbonyl (C=O) groups excluding carboxylic acids is 1. The smallest absolute Gasteiger partial charge is 0.334 e. The lowest BCUT2D eigenvalue weighted by Gasteiger charge is -2.22. The molecule has 0 atom stereocenters. The van der Waals surface area contributed by atoms with Gasteiger partial charge in [0.05, 0.1) is 0 Å². The van der Waals surface area contributed by atoms with E-state index in [1.54, 1.807) is 6.92 Å². The lowest BCUT2D eigenvalue weighted by atomic mass is 9.83. The number of ether oxygens (including phenoxy) is 1. The van der Waals surface area contributed by atoms with Crippen molar-refractivity contribution >= 4 is 12.0 Å². The van der Waals surface area contributed by atoms with Crippen LogP contribution in [0.2, 0.25) is 0 Å². The topological polar surface area (TPSA) is 52.3 Å². The maximum absolute atomic E-state index is 12.0. The van der Waals surface area contributed by atoms with Gasteiger partial charge in [-0.2, -0.15) is 0 Å². The molecule has 0 aliphatic heterocycles. The molecule has 2 N–H and O–H groups in total. The van der Waals surface area contributed by atoms with Crippen LogP contribution in [0.25, 0.3) is 6.08 Å². The molecule has 3 nitrogen and oxygen atoms in total. The summed E-state index contributed by atoms with van der Waals surface area (Å²) in [6.07, 6.45) is 4.01. The van der Waals surface area contributed by atoms with Gasteiger partial charge in [0.15, 0.2) is 0 Å². The molecule has 0 bridgehead atoms. The molecule has 21 heavy (non-hydrogen) atoms. The lowest BCUT2D eigenvalue weighted by molar-refractivity contribution is -0.138. The van der Waals surface area contributed by atoms with Crippen molar-refractivity contribution in [1.82, 2.24) is 0 Å². The number of carbonyl (C=O) groups is 1. The van der Waals surface area contributed by atoms with Crippen LogP contribution in [0.1, 0.15) is 33.3 Å². The summed E-state index contributed by atoms with van der Waals surface area (Å²) in [7, 11) is 0. The van der Waals surface area contributed by atoms with Gasteiger partial charge in [-0.25, -0.2) is 4.79 Å². The minimum atomic E-state index is -0.303. The molecular weight excluding hydrogens is 262 g/mol. The van der Waals surface area contributed by atoms with Crippen LogP contribution in [0, 0.1) is 5.41 Å². The van der Waals surface area contributed by atoms with Gasteiger partial charge in [0.25, 0.3) is 0 Å². The van der Waals surface area contributed by atoms with E-state index in [-0.39, 0.29) is 18.0 Å². The summed E-state index contributed by atoms with van der Waals surface area (Å²) in [5.41, 5.74) is 7.92. The molecule has 0 unspecified atom stereocenters. The van der Waals surface area contributed by atoms with Gasteiger partial charge in [-0.3, -0.25) is 0 Å². The maximum atomic E-state index is 12.0. The van der Waals surface area contributed by atoms with E-state index in [0.29, 0.717) is 12.1 Å². The molecule has 0 aromatic heterocycles. The van der Waals surface area contributed by atoms with Gasteiger partial charge in [-0.1, -0.05) is 63.3 Å². The Bertz CT molecular complexity index is 522.